The summed E-state index contributed by atoms with van der Waals surface area (Å²) in [6.45, 7) is 3.03. The summed E-state index contributed by atoms with van der Waals surface area (Å²) in [7, 11) is -4.01. The average Bonchev–Trinajstić information content (AvgIpc) is 2.25. The van der Waals surface area contributed by atoms with Crippen LogP contribution < -0.4 is 10.5 Å². The summed E-state index contributed by atoms with van der Waals surface area (Å²) in [4.78, 5) is -0.138. The Hall–Kier alpha value is -1.28. The maximum absolute atomic E-state index is 12.2. The lowest BCUT2D eigenvalue weighted by molar-refractivity contribution is -0.137. The molecule has 0 aliphatic rings. The Kier molecular flexibility index (Phi) is 5.04. The third-order valence-electron chi connectivity index (χ3n) is 2.70. The molecule has 1 aromatic carbocycles. The Bertz CT molecular complexity index is 571. The van der Waals surface area contributed by atoms with E-state index in [2.05, 4.69) is 0 Å². The number of aryl methyl sites for hydroxylation is 1. The molecule has 0 spiro atoms. The van der Waals surface area contributed by atoms with Crippen LogP contribution in [0.4, 0.5) is 18.9 Å². The second kappa shape index (κ2) is 6.01. The topological polar surface area (TPSA) is 72.2 Å². The van der Waals surface area contributed by atoms with E-state index in [4.69, 9.17) is 5.73 Å². The van der Waals surface area contributed by atoms with Crippen molar-refractivity contribution in [2.75, 3.05) is 5.73 Å². The van der Waals surface area contributed by atoms with Crippen LogP contribution in [-0.2, 0) is 16.4 Å². The fourth-order valence-corrected chi connectivity index (χ4v) is 3.06. The van der Waals surface area contributed by atoms with E-state index < -0.39 is 28.7 Å². The standard InChI is InChI=1S/C12H17F3N2O2S/c1-3-9-4-5-10(6-11(9)16)20(18,19)17-8(2)7-12(13,14)15/h4-6,8,17H,3,7,16H2,1-2H3. The van der Waals surface area contributed by atoms with Gasteiger partial charge in [0, 0.05) is 11.7 Å². The molecule has 1 unspecified atom stereocenters. The van der Waals surface area contributed by atoms with Gasteiger partial charge in [0.2, 0.25) is 10.0 Å². The number of nitrogen functional groups attached to an aromatic ring is 1. The van der Waals surface area contributed by atoms with Gasteiger partial charge in [0.05, 0.1) is 11.3 Å². The van der Waals surface area contributed by atoms with Gasteiger partial charge in [0.25, 0.3) is 0 Å². The first-order valence-corrected chi connectivity index (χ1v) is 7.51. The fourth-order valence-electron chi connectivity index (χ4n) is 1.78. The number of benzene rings is 1. The molecule has 0 heterocycles. The normalized spacial score (nSPS) is 14.2. The summed E-state index contributed by atoms with van der Waals surface area (Å²) in [6, 6.07) is 2.89. The van der Waals surface area contributed by atoms with E-state index in [0.29, 0.717) is 12.1 Å². The van der Waals surface area contributed by atoms with Gasteiger partial charge in [-0.15, -0.1) is 0 Å². The first-order valence-electron chi connectivity index (χ1n) is 6.02. The maximum atomic E-state index is 12.2. The van der Waals surface area contributed by atoms with Crippen LogP contribution in [0.1, 0.15) is 25.8 Å². The van der Waals surface area contributed by atoms with Gasteiger partial charge in [-0.2, -0.15) is 13.2 Å². The lowest BCUT2D eigenvalue weighted by Crippen LogP contribution is -2.35. The Morgan fingerprint density at radius 2 is 1.95 bits per heavy atom. The minimum atomic E-state index is -4.42. The van der Waals surface area contributed by atoms with Gasteiger partial charge in [-0.25, -0.2) is 13.1 Å². The molecule has 0 aliphatic heterocycles. The molecule has 1 aromatic rings. The van der Waals surface area contributed by atoms with E-state index >= 15 is 0 Å². The molecule has 3 N–H and O–H groups in total. The number of alkyl halides is 3. The molecule has 0 saturated carbocycles. The predicted octanol–water partition coefficient (Wildman–Crippen LogP) is 2.45. The number of hydrogen-bond acceptors (Lipinski definition) is 3. The molecule has 8 heteroatoms. The molecule has 0 bridgehead atoms. The average molecular weight is 310 g/mol. The van der Waals surface area contributed by atoms with Crippen LogP contribution in [0.15, 0.2) is 23.1 Å². The van der Waals surface area contributed by atoms with Crippen LogP contribution in [0, 0.1) is 0 Å². The number of anilines is 1. The fraction of sp³-hybridized carbons (Fsp3) is 0.500. The van der Waals surface area contributed by atoms with Crippen LogP contribution in [0.3, 0.4) is 0 Å². The van der Waals surface area contributed by atoms with Crippen LogP contribution in [0.25, 0.3) is 0 Å². The lowest BCUT2D eigenvalue weighted by Gasteiger charge is -2.16. The van der Waals surface area contributed by atoms with Gasteiger partial charge in [0.15, 0.2) is 0 Å². The van der Waals surface area contributed by atoms with E-state index in [-0.39, 0.29) is 4.90 Å². The van der Waals surface area contributed by atoms with Crippen molar-refractivity contribution in [2.24, 2.45) is 0 Å². The lowest BCUT2D eigenvalue weighted by atomic mass is 10.1. The molecule has 1 atom stereocenters. The SMILES string of the molecule is CCc1ccc(S(=O)(=O)NC(C)CC(F)(F)F)cc1N. The van der Waals surface area contributed by atoms with Crippen LogP contribution in [0.5, 0.6) is 0 Å². The minimum absolute atomic E-state index is 0.138. The predicted molar refractivity (Wildman–Crippen MR) is 70.7 cm³/mol. The van der Waals surface area contributed by atoms with Gasteiger partial charge >= 0.3 is 6.18 Å². The van der Waals surface area contributed by atoms with E-state index in [9.17, 15) is 21.6 Å². The Balaban J connectivity index is 2.91. The van der Waals surface area contributed by atoms with Crippen molar-refractivity contribution in [3.05, 3.63) is 23.8 Å². The minimum Gasteiger partial charge on any atom is -0.398 e. The third-order valence-corrected chi connectivity index (χ3v) is 4.29. The monoisotopic (exact) mass is 310 g/mol. The number of sulfonamides is 1. The Labute approximate surface area is 116 Å². The van der Waals surface area contributed by atoms with Crippen molar-refractivity contribution in [1.29, 1.82) is 0 Å². The van der Waals surface area contributed by atoms with Crippen molar-refractivity contribution in [1.82, 2.24) is 4.72 Å². The summed E-state index contributed by atoms with van der Waals surface area (Å²) in [5.41, 5.74) is 6.78. The molecule has 0 amide bonds. The molecule has 0 aliphatic carbocycles. The number of halogens is 3. The van der Waals surface area contributed by atoms with Gasteiger partial charge in [0.1, 0.15) is 0 Å². The second-order valence-electron chi connectivity index (χ2n) is 4.56. The highest BCUT2D eigenvalue weighted by atomic mass is 32.2. The highest BCUT2D eigenvalue weighted by Gasteiger charge is 2.32. The zero-order valence-corrected chi connectivity index (χ0v) is 12.0. The van der Waals surface area contributed by atoms with Crippen molar-refractivity contribution >= 4 is 15.7 Å². The van der Waals surface area contributed by atoms with E-state index in [1.807, 2.05) is 11.6 Å². The third kappa shape index (κ3) is 4.68. The van der Waals surface area contributed by atoms with Crippen molar-refractivity contribution in [2.45, 2.75) is 43.8 Å². The summed E-state index contributed by atoms with van der Waals surface area (Å²) < 4.78 is 62.5. The number of nitrogens with one attached hydrogen (secondary N) is 1. The molecule has 1 rings (SSSR count). The van der Waals surface area contributed by atoms with Gasteiger partial charge in [-0.05, 0) is 31.0 Å². The van der Waals surface area contributed by atoms with Crippen LogP contribution in [-0.4, -0.2) is 20.6 Å². The summed E-state index contributed by atoms with van der Waals surface area (Å²) in [5.74, 6) is 0. The molecule has 114 valence electrons. The van der Waals surface area contributed by atoms with E-state index in [1.165, 1.54) is 12.1 Å². The second-order valence-corrected chi connectivity index (χ2v) is 6.27. The molecule has 0 fully saturated rings. The van der Waals surface area contributed by atoms with Crippen LogP contribution in [0.2, 0.25) is 0 Å². The largest absolute Gasteiger partial charge is 0.398 e. The summed E-state index contributed by atoms with van der Waals surface area (Å²) in [6.07, 6.45) is -5.01. The smallest absolute Gasteiger partial charge is 0.390 e. The Morgan fingerprint density at radius 3 is 2.40 bits per heavy atom. The highest BCUT2D eigenvalue weighted by Crippen LogP contribution is 2.23. The van der Waals surface area contributed by atoms with Crippen molar-refractivity contribution in [3.8, 4) is 0 Å². The van der Waals surface area contributed by atoms with Gasteiger partial charge in [-0.3, -0.25) is 0 Å². The zero-order chi connectivity index (χ0) is 15.6. The summed E-state index contributed by atoms with van der Waals surface area (Å²) in [5, 5.41) is 0. The van der Waals surface area contributed by atoms with Crippen molar-refractivity contribution < 1.29 is 21.6 Å². The molecule has 4 nitrogen and oxygen atoms in total. The first kappa shape index (κ1) is 16.8. The van der Waals surface area contributed by atoms with Crippen LogP contribution >= 0.6 is 0 Å². The van der Waals surface area contributed by atoms with Gasteiger partial charge in [-0.1, -0.05) is 13.0 Å². The molecular formula is C12H17F3N2O2S. The molecule has 0 saturated heterocycles. The molecular weight excluding hydrogens is 293 g/mol. The summed E-state index contributed by atoms with van der Waals surface area (Å²) >= 11 is 0. The number of hydrogen-bond donors (Lipinski definition) is 2. The molecule has 20 heavy (non-hydrogen) atoms. The zero-order valence-electron chi connectivity index (χ0n) is 11.2. The maximum Gasteiger partial charge on any atom is 0.390 e. The Morgan fingerprint density at radius 1 is 1.35 bits per heavy atom. The molecule has 0 radical (unpaired) electrons. The number of nitrogens with two attached hydrogens (primary N) is 1. The van der Waals surface area contributed by atoms with E-state index in [0.717, 1.165) is 12.5 Å². The molecule has 0 aromatic heterocycles. The van der Waals surface area contributed by atoms with Gasteiger partial charge < -0.3 is 5.73 Å². The highest BCUT2D eigenvalue weighted by molar-refractivity contribution is 7.89. The van der Waals surface area contributed by atoms with Crippen molar-refractivity contribution in [3.63, 3.8) is 0 Å². The number of rotatable bonds is 5. The quantitative estimate of drug-likeness (QED) is 0.821. The first-order chi connectivity index (χ1) is 9.05. The van der Waals surface area contributed by atoms with E-state index in [1.54, 1.807) is 6.07 Å².